The molecule has 27 heavy (non-hydrogen) atoms. The predicted octanol–water partition coefficient (Wildman–Crippen LogP) is 2.22. The lowest BCUT2D eigenvalue weighted by atomic mass is 9.89. The molecule has 0 unspecified atom stereocenters. The quantitative estimate of drug-likeness (QED) is 0.834. The minimum Gasteiger partial charge on any atom is -0.362 e. The molecule has 1 amide bonds. The first kappa shape index (κ1) is 18.9. The van der Waals surface area contributed by atoms with Crippen LogP contribution in [0.4, 0.5) is 0 Å². The fourth-order valence-corrected chi connectivity index (χ4v) is 5.65. The van der Waals surface area contributed by atoms with E-state index < -0.39 is 10.0 Å². The molecule has 0 bridgehead atoms. The topological polar surface area (TPSA) is 75.7 Å². The van der Waals surface area contributed by atoms with Gasteiger partial charge < -0.3 is 10.1 Å². The number of nitrogens with zero attached hydrogens (tertiary/aromatic N) is 1. The second kappa shape index (κ2) is 7.18. The molecule has 0 aromatic heterocycles. The van der Waals surface area contributed by atoms with Crippen LogP contribution in [0, 0.1) is 12.8 Å². The van der Waals surface area contributed by atoms with Crippen molar-refractivity contribution in [1.82, 2.24) is 9.62 Å². The van der Waals surface area contributed by atoms with Gasteiger partial charge in [0.15, 0.2) is 0 Å². The molecule has 1 N–H and O–H groups in total. The lowest BCUT2D eigenvalue weighted by Gasteiger charge is -2.38. The zero-order valence-electron chi connectivity index (χ0n) is 15.8. The number of aryl methyl sites for hydroxylation is 1. The number of carbonyl (C=O) groups is 1. The highest BCUT2D eigenvalue weighted by Gasteiger charge is 2.46. The van der Waals surface area contributed by atoms with Gasteiger partial charge in [0.25, 0.3) is 0 Å². The van der Waals surface area contributed by atoms with Crippen molar-refractivity contribution in [3.8, 4) is 0 Å². The van der Waals surface area contributed by atoms with Crippen molar-refractivity contribution in [2.24, 2.45) is 5.92 Å². The summed E-state index contributed by atoms with van der Waals surface area (Å²) in [5.74, 6) is 0.646. The third-order valence-corrected chi connectivity index (χ3v) is 7.96. The van der Waals surface area contributed by atoms with Gasteiger partial charge in [0.05, 0.1) is 10.5 Å². The summed E-state index contributed by atoms with van der Waals surface area (Å²) >= 11 is 0. The maximum absolute atomic E-state index is 12.9. The number of carbonyl (C=O) groups excluding carboxylic acids is 1. The Morgan fingerprint density at radius 2 is 1.96 bits per heavy atom. The number of nitrogens with one attached hydrogen (secondary N) is 1. The molecule has 0 radical (unpaired) electrons. The molecule has 1 aliphatic carbocycles. The van der Waals surface area contributed by atoms with Crippen molar-refractivity contribution in [3.63, 3.8) is 0 Å². The van der Waals surface area contributed by atoms with Crippen LogP contribution in [-0.4, -0.2) is 50.0 Å². The van der Waals surface area contributed by atoms with E-state index in [4.69, 9.17) is 4.74 Å². The molecular formula is C20H28N2O4S. The molecule has 1 aromatic rings. The van der Waals surface area contributed by atoms with E-state index in [-0.39, 0.29) is 17.6 Å². The van der Waals surface area contributed by atoms with Crippen LogP contribution in [0.25, 0.3) is 0 Å². The lowest BCUT2D eigenvalue weighted by Crippen LogP contribution is -2.47. The number of ether oxygens (including phenoxy) is 1. The Labute approximate surface area is 161 Å². The van der Waals surface area contributed by atoms with E-state index in [9.17, 15) is 13.2 Å². The standard InChI is InChI=1S/C20H28N2O4S/c1-15-3-2-4-17(13-15)27(24,25)22-11-9-20(10-12-22)8-7-18(26-20)19(23)21-14-16-5-6-16/h2-4,13,16,18H,5-12,14H2,1H3,(H,21,23)/t18-/m1/s1. The molecule has 3 fully saturated rings. The molecule has 3 aliphatic rings. The summed E-state index contributed by atoms with van der Waals surface area (Å²) in [4.78, 5) is 12.7. The second-order valence-electron chi connectivity index (χ2n) is 8.24. The Morgan fingerprint density at radius 3 is 2.63 bits per heavy atom. The van der Waals surface area contributed by atoms with Gasteiger partial charge in [-0.15, -0.1) is 0 Å². The van der Waals surface area contributed by atoms with E-state index >= 15 is 0 Å². The molecule has 1 aromatic carbocycles. The summed E-state index contributed by atoms with van der Waals surface area (Å²) in [7, 11) is -3.47. The highest BCUT2D eigenvalue weighted by molar-refractivity contribution is 7.89. The highest BCUT2D eigenvalue weighted by atomic mass is 32.2. The maximum atomic E-state index is 12.9. The normalized spacial score (nSPS) is 25.6. The first-order valence-corrected chi connectivity index (χ1v) is 11.3. The number of hydrogen-bond donors (Lipinski definition) is 1. The summed E-state index contributed by atoms with van der Waals surface area (Å²) in [5.41, 5.74) is 0.587. The molecule has 1 atom stereocenters. The Bertz CT molecular complexity index is 811. The third kappa shape index (κ3) is 4.05. The first-order valence-electron chi connectivity index (χ1n) is 9.90. The van der Waals surface area contributed by atoms with E-state index in [0.29, 0.717) is 36.7 Å². The molecule has 2 heterocycles. The monoisotopic (exact) mass is 392 g/mol. The Hall–Kier alpha value is -1.44. The smallest absolute Gasteiger partial charge is 0.249 e. The van der Waals surface area contributed by atoms with Gasteiger partial charge in [-0.3, -0.25) is 4.79 Å². The predicted molar refractivity (Wildman–Crippen MR) is 102 cm³/mol. The van der Waals surface area contributed by atoms with Crippen molar-refractivity contribution >= 4 is 15.9 Å². The van der Waals surface area contributed by atoms with Crippen molar-refractivity contribution in [3.05, 3.63) is 29.8 Å². The van der Waals surface area contributed by atoms with Gasteiger partial charge in [0.2, 0.25) is 15.9 Å². The SMILES string of the molecule is Cc1cccc(S(=O)(=O)N2CCC3(CC[C@H](C(=O)NCC4CC4)O3)CC2)c1. The van der Waals surface area contributed by atoms with Crippen LogP contribution in [-0.2, 0) is 19.6 Å². The number of benzene rings is 1. The number of hydrogen-bond acceptors (Lipinski definition) is 4. The molecular weight excluding hydrogens is 364 g/mol. The van der Waals surface area contributed by atoms with Crippen LogP contribution in [0.3, 0.4) is 0 Å². The zero-order valence-corrected chi connectivity index (χ0v) is 16.6. The van der Waals surface area contributed by atoms with Gasteiger partial charge in [0.1, 0.15) is 6.10 Å². The van der Waals surface area contributed by atoms with E-state index in [1.807, 2.05) is 13.0 Å². The Kier molecular flexibility index (Phi) is 5.03. The van der Waals surface area contributed by atoms with Gasteiger partial charge in [-0.05, 0) is 69.1 Å². The number of amides is 1. The van der Waals surface area contributed by atoms with Crippen molar-refractivity contribution in [1.29, 1.82) is 0 Å². The molecule has 1 spiro atoms. The summed E-state index contributed by atoms with van der Waals surface area (Å²) < 4.78 is 33.5. The van der Waals surface area contributed by atoms with Gasteiger partial charge in [-0.2, -0.15) is 4.31 Å². The third-order valence-electron chi connectivity index (χ3n) is 6.07. The van der Waals surface area contributed by atoms with Crippen LogP contribution in [0.1, 0.15) is 44.1 Å². The van der Waals surface area contributed by atoms with Crippen molar-refractivity contribution < 1.29 is 17.9 Å². The van der Waals surface area contributed by atoms with Crippen molar-refractivity contribution in [2.75, 3.05) is 19.6 Å². The van der Waals surface area contributed by atoms with Crippen LogP contribution in [0.2, 0.25) is 0 Å². The summed E-state index contributed by atoms with van der Waals surface area (Å²) in [6, 6.07) is 7.04. The average Bonchev–Trinajstić information content (AvgIpc) is 3.40. The van der Waals surface area contributed by atoms with Crippen LogP contribution in [0.5, 0.6) is 0 Å². The summed E-state index contributed by atoms with van der Waals surface area (Å²) in [6.07, 6.45) is 4.87. The number of rotatable bonds is 5. The van der Waals surface area contributed by atoms with Crippen LogP contribution < -0.4 is 5.32 Å². The van der Waals surface area contributed by atoms with E-state index in [2.05, 4.69) is 5.32 Å². The van der Waals surface area contributed by atoms with Crippen LogP contribution >= 0.6 is 0 Å². The maximum Gasteiger partial charge on any atom is 0.249 e. The molecule has 6 nitrogen and oxygen atoms in total. The molecule has 148 valence electrons. The van der Waals surface area contributed by atoms with Crippen LogP contribution in [0.15, 0.2) is 29.2 Å². The van der Waals surface area contributed by atoms with E-state index in [0.717, 1.165) is 24.9 Å². The van der Waals surface area contributed by atoms with Gasteiger partial charge in [0, 0.05) is 19.6 Å². The number of sulfonamides is 1. The molecule has 2 aliphatic heterocycles. The minimum atomic E-state index is -3.47. The van der Waals surface area contributed by atoms with Gasteiger partial charge >= 0.3 is 0 Å². The number of piperidine rings is 1. The zero-order chi connectivity index (χ0) is 19.1. The van der Waals surface area contributed by atoms with E-state index in [1.165, 1.54) is 12.8 Å². The second-order valence-corrected chi connectivity index (χ2v) is 10.2. The minimum absolute atomic E-state index is 0.00594. The summed E-state index contributed by atoms with van der Waals surface area (Å²) in [5, 5.41) is 3.00. The molecule has 4 rings (SSSR count). The average molecular weight is 393 g/mol. The first-order chi connectivity index (χ1) is 12.9. The fraction of sp³-hybridized carbons (Fsp3) is 0.650. The molecule has 7 heteroatoms. The highest BCUT2D eigenvalue weighted by Crippen LogP contribution is 2.40. The lowest BCUT2D eigenvalue weighted by molar-refractivity contribution is -0.139. The van der Waals surface area contributed by atoms with E-state index in [1.54, 1.807) is 22.5 Å². The Morgan fingerprint density at radius 1 is 1.22 bits per heavy atom. The van der Waals surface area contributed by atoms with Gasteiger partial charge in [-0.1, -0.05) is 12.1 Å². The largest absolute Gasteiger partial charge is 0.362 e. The van der Waals surface area contributed by atoms with Gasteiger partial charge in [-0.25, -0.2) is 8.42 Å². The molecule has 2 saturated heterocycles. The Balaban J connectivity index is 1.35. The summed E-state index contributed by atoms with van der Waals surface area (Å²) in [6.45, 7) is 3.53. The van der Waals surface area contributed by atoms with Crippen molar-refractivity contribution in [2.45, 2.75) is 62.0 Å². The fourth-order valence-electron chi connectivity index (χ4n) is 4.11. The molecule has 1 saturated carbocycles.